The molecule has 0 saturated carbocycles. The average Bonchev–Trinajstić information content (AvgIpc) is 3.46. The molecule has 1 aromatic carbocycles. The van der Waals surface area contributed by atoms with Crippen LogP contribution in [-0.4, -0.2) is 75.8 Å². The number of pyridine rings is 1. The van der Waals surface area contributed by atoms with Crippen molar-refractivity contribution in [3.8, 4) is 11.5 Å². The molecule has 2 aromatic heterocycles. The smallest absolute Gasteiger partial charge is 0.257 e. The Morgan fingerprint density at radius 2 is 1.84 bits per heavy atom. The molecule has 2 amide bonds. The Labute approximate surface area is 223 Å². The molecule has 1 fully saturated rings. The molecule has 6 rings (SSSR count). The summed E-state index contributed by atoms with van der Waals surface area (Å²) in [5.41, 5.74) is 0.531. The van der Waals surface area contributed by atoms with Gasteiger partial charge in [-0.1, -0.05) is 18.6 Å². The molecular formula is C29H35N5O4. The van der Waals surface area contributed by atoms with Crippen LogP contribution in [-0.2, 0) is 11.3 Å². The fourth-order valence-corrected chi connectivity index (χ4v) is 5.32. The van der Waals surface area contributed by atoms with Crippen LogP contribution >= 0.6 is 0 Å². The molecular weight excluding hydrogens is 482 g/mol. The highest BCUT2D eigenvalue weighted by atomic mass is 16.5. The van der Waals surface area contributed by atoms with Crippen molar-refractivity contribution in [1.82, 2.24) is 24.6 Å². The molecule has 3 aliphatic heterocycles. The molecule has 38 heavy (non-hydrogen) atoms. The minimum atomic E-state index is -0.0350. The molecule has 9 heteroatoms. The predicted molar refractivity (Wildman–Crippen MR) is 142 cm³/mol. The zero-order valence-corrected chi connectivity index (χ0v) is 21.7. The predicted octanol–water partition coefficient (Wildman–Crippen LogP) is 3.67. The Bertz CT molecular complexity index is 1190. The largest absolute Gasteiger partial charge is 0.491 e. The van der Waals surface area contributed by atoms with E-state index in [0.717, 1.165) is 37.9 Å². The van der Waals surface area contributed by atoms with Gasteiger partial charge in [0.2, 0.25) is 5.91 Å². The monoisotopic (exact) mass is 517 g/mol. The number of amides is 2. The fraction of sp³-hybridized carbons (Fsp3) is 0.448. The number of ether oxygens (including phenoxy) is 2. The maximum atomic E-state index is 13.5. The molecule has 2 bridgehead atoms. The van der Waals surface area contributed by atoms with E-state index < -0.39 is 0 Å². The van der Waals surface area contributed by atoms with E-state index in [4.69, 9.17) is 9.47 Å². The Morgan fingerprint density at radius 3 is 2.63 bits per heavy atom. The molecule has 200 valence electrons. The van der Waals surface area contributed by atoms with Gasteiger partial charge in [-0.3, -0.25) is 19.3 Å². The van der Waals surface area contributed by atoms with Crippen molar-refractivity contribution in [2.24, 2.45) is 5.41 Å². The van der Waals surface area contributed by atoms with E-state index in [-0.39, 0.29) is 23.8 Å². The highest BCUT2D eigenvalue weighted by Crippen LogP contribution is 2.38. The van der Waals surface area contributed by atoms with Gasteiger partial charge >= 0.3 is 0 Å². The molecule has 3 aliphatic rings. The third kappa shape index (κ3) is 6.33. The number of carbonyl (C=O) groups excluding carboxylic acids is 2. The minimum Gasteiger partial charge on any atom is -0.491 e. The lowest BCUT2D eigenvalue weighted by Crippen LogP contribution is -2.45. The van der Waals surface area contributed by atoms with Crippen molar-refractivity contribution in [2.45, 2.75) is 38.6 Å². The van der Waals surface area contributed by atoms with Gasteiger partial charge in [0.1, 0.15) is 24.7 Å². The second-order valence-corrected chi connectivity index (χ2v) is 10.2. The lowest BCUT2D eigenvalue weighted by atomic mass is 9.75. The van der Waals surface area contributed by atoms with Crippen LogP contribution in [0.4, 0.5) is 0 Å². The van der Waals surface area contributed by atoms with Crippen LogP contribution in [0.15, 0.2) is 67.3 Å². The van der Waals surface area contributed by atoms with Gasteiger partial charge in [-0.05, 0) is 56.0 Å². The summed E-state index contributed by atoms with van der Waals surface area (Å²) in [6.45, 7) is 3.55. The first kappa shape index (κ1) is 25.8. The van der Waals surface area contributed by atoms with Crippen LogP contribution in [0.25, 0.3) is 0 Å². The lowest BCUT2D eigenvalue weighted by molar-refractivity contribution is -0.132. The number of benzene rings is 1. The molecule has 3 aromatic rings. The van der Waals surface area contributed by atoms with E-state index in [2.05, 4.69) is 10.1 Å². The van der Waals surface area contributed by atoms with E-state index >= 15 is 0 Å². The minimum absolute atomic E-state index is 0.00708. The summed E-state index contributed by atoms with van der Waals surface area (Å²) < 4.78 is 13.9. The van der Waals surface area contributed by atoms with Gasteiger partial charge < -0.3 is 19.3 Å². The summed E-state index contributed by atoms with van der Waals surface area (Å²) in [5.74, 6) is 1.32. The third-order valence-corrected chi connectivity index (χ3v) is 7.62. The summed E-state index contributed by atoms with van der Waals surface area (Å²) in [5, 5.41) is 4.18. The number of aromatic nitrogens is 3. The number of carbonyl (C=O) groups is 2. The number of fused-ring (bicyclic) bond motifs is 9. The highest BCUT2D eigenvalue weighted by molar-refractivity contribution is 5.97. The summed E-state index contributed by atoms with van der Waals surface area (Å²) in [6, 6.07) is 13.0. The topological polar surface area (TPSA) is 89.8 Å². The van der Waals surface area contributed by atoms with E-state index in [1.54, 1.807) is 29.5 Å². The molecule has 0 atom stereocenters. The van der Waals surface area contributed by atoms with E-state index in [1.807, 2.05) is 52.3 Å². The molecule has 0 unspecified atom stereocenters. The van der Waals surface area contributed by atoms with Crippen LogP contribution in [0.3, 0.4) is 0 Å². The number of piperidine rings is 1. The number of nitrogens with zero attached hydrogens (tertiary/aromatic N) is 5. The van der Waals surface area contributed by atoms with Crippen LogP contribution in [0.5, 0.6) is 11.5 Å². The van der Waals surface area contributed by atoms with Crippen molar-refractivity contribution >= 4 is 11.8 Å². The van der Waals surface area contributed by atoms with E-state index in [0.29, 0.717) is 50.7 Å². The number of hydrogen-bond acceptors (Lipinski definition) is 6. The summed E-state index contributed by atoms with van der Waals surface area (Å²) in [6.07, 6.45) is 11.5. The number of rotatable bonds is 5. The van der Waals surface area contributed by atoms with Gasteiger partial charge in [-0.2, -0.15) is 5.10 Å². The van der Waals surface area contributed by atoms with Crippen LogP contribution in [0, 0.1) is 5.41 Å². The lowest BCUT2D eigenvalue weighted by Gasteiger charge is -2.42. The second kappa shape index (κ2) is 12.1. The fourth-order valence-electron chi connectivity index (χ4n) is 5.32. The molecule has 1 saturated heterocycles. The Morgan fingerprint density at radius 1 is 0.974 bits per heavy atom. The Kier molecular flexibility index (Phi) is 8.21. The Balaban J connectivity index is 1.34. The first-order valence-corrected chi connectivity index (χ1v) is 13.4. The quantitative estimate of drug-likeness (QED) is 0.513. The van der Waals surface area contributed by atoms with Gasteiger partial charge in [0.05, 0.1) is 24.9 Å². The molecule has 9 nitrogen and oxygen atoms in total. The van der Waals surface area contributed by atoms with Crippen molar-refractivity contribution in [3.63, 3.8) is 0 Å². The van der Waals surface area contributed by atoms with Crippen molar-refractivity contribution in [2.75, 3.05) is 39.4 Å². The average molecular weight is 518 g/mol. The van der Waals surface area contributed by atoms with Crippen molar-refractivity contribution < 1.29 is 19.1 Å². The van der Waals surface area contributed by atoms with Gasteiger partial charge in [-0.15, -0.1) is 0 Å². The third-order valence-electron chi connectivity index (χ3n) is 7.62. The molecule has 0 spiro atoms. The maximum Gasteiger partial charge on any atom is 0.257 e. The standard InChI is InChI=1S/C29H35N5O4/c35-27(22-34-16-6-14-31-34)32-15-4-3-10-29(23-38-24-7-5-13-30-21-24)11-17-33(18-12-29)28(36)25-8-1-2-9-26(25)37-20-19-32/h1-2,5-9,13-14,16,21H,3-4,10-12,15,17-20,22-23H2. The number of hydrogen-bond donors (Lipinski definition) is 0. The first-order chi connectivity index (χ1) is 18.6. The van der Waals surface area contributed by atoms with E-state index in [1.165, 1.54) is 0 Å². The summed E-state index contributed by atoms with van der Waals surface area (Å²) in [7, 11) is 0. The SMILES string of the molecule is O=C(Cn1cccn1)N1CCCCC2(COc3cccnc3)CCN(CC2)C(=O)c2ccccc2OCC1. The van der Waals surface area contributed by atoms with Crippen LogP contribution in [0.1, 0.15) is 42.5 Å². The maximum absolute atomic E-state index is 13.5. The molecule has 0 N–H and O–H groups in total. The van der Waals surface area contributed by atoms with Crippen LogP contribution in [0.2, 0.25) is 0 Å². The van der Waals surface area contributed by atoms with Gasteiger partial charge in [0.25, 0.3) is 5.91 Å². The molecule has 0 radical (unpaired) electrons. The molecule has 5 heterocycles. The van der Waals surface area contributed by atoms with E-state index in [9.17, 15) is 9.59 Å². The second-order valence-electron chi connectivity index (χ2n) is 10.2. The first-order valence-electron chi connectivity index (χ1n) is 13.4. The van der Waals surface area contributed by atoms with Gasteiger partial charge in [0, 0.05) is 43.6 Å². The van der Waals surface area contributed by atoms with Gasteiger partial charge in [-0.25, -0.2) is 0 Å². The van der Waals surface area contributed by atoms with Crippen molar-refractivity contribution in [1.29, 1.82) is 0 Å². The zero-order chi connectivity index (χ0) is 26.2. The zero-order valence-electron chi connectivity index (χ0n) is 21.7. The summed E-state index contributed by atoms with van der Waals surface area (Å²) >= 11 is 0. The highest BCUT2D eigenvalue weighted by Gasteiger charge is 2.37. The van der Waals surface area contributed by atoms with Crippen LogP contribution < -0.4 is 9.47 Å². The van der Waals surface area contributed by atoms with Crippen molar-refractivity contribution in [3.05, 3.63) is 72.8 Å². The number of para-hydroxylation sites is 1. The molecule has 0 aliphatic carbocycles. The summed E-state index contributed by atoms with van der Waals surface area (Å²) in [4.78, 5) is 34.6. The Hall–Kier alpha value is -3.88. The normalized spacial score (nSPS) is 18.2. The van der Waals surface area contributed by atoms with Gasteiger partial charge in [0.15, 0.2) is 0 Å².